The quantitative estimate of drug-likeness (QED) is 0.328. The van der Waals surface area contributed by atoms with Crippen molar-refractivity contribution in [1.29, 1.82) is 0 Å². The molecule has 1 heterocycles. The zero-order valence-electron chi connectivity index (χ0n) is 21.3. The minimum atomic E-state index is 0.145. The van der Waals surface area contributed by atoms with Gasteiger partial charge in [-0.3, -0.25) is 9.69 Å². The van der Waals surface area contributed by atoms with E-state index in [0.717, 1.165) is 44.0 Å². The maximum Gasteiger partial charge on any atom is 0.241 e. The molecular formula is C29H42N2O3. The summed E-state index contributed by atoms with van der Waals surface area (Å²) in [5.41, 5.74) is 3.42. The Bertz CT molecular complexity index is 868. The SMILES string of the molecule is CCCCCCCN(CC(=O)N1CCOc2ccccc21)Cc1ccc(CC(C)OCC)cc1. The maximum absolute atomic E-state index is 13.3. The number of fused-ring (bicyclic) bond motifs is 1. The first kappa shape index (κ1) is 26.2. The third kappa shape index (κ3) is 8.14. The van der Waals surface area contributed by atoms with Crippen LogP contribution in [0.25, 0.3) is 0 Å². The smallest absolute Gasteiger partial charge is 0.241 e. The summed E-state index contributed by atoms with van der Waals surface area (Å²) in [6.07, 6.45) is 7.28. The van der Waals surface area contributed by atoms with Gasteiger partial charge in [0.1, 0.15) is 12.4 Å². The number of anilines is 1. The summed E-state index contributed by atoms with van der Waals surface area (Å²) in [6.45, 7) is 10.4. The molecule has 1 aliphatic rings. The molecule has 0 aliphatic carbocycles. The van der Waals surface area contributed by atoms with Crippen LogP contribution >= 0.6 is 0 Å². The molecule has 5 heteroatoms. The van der Waals surface area contributed by atoms with E-state index in [9.17, 15) is 4.79 Å². The van der Waals surface area contributed by atoms with Gasteiger partial charge in [0.05, 0.1) is 24.9 Å². The van der Waals surface area contributed by atoms with Crippen LogP contribution in [0.5, 0.6) is 5.75 Å². The predicted molar refractivity (Wildman–Crippen MR) is 140 cm³/mol. The molecule has 2 aromatic rings. The molecule has 1 atom stereocenters. The van der Waals surface area contributed by atoms with Crippen LogP contribution in [0.4, 0.5) is 5.69 Å². The molecule has 0 saturated heterocycles. The average Bonchev–Trinajstić information content (AvgIpc) is 2.84. The number of amides is 1. The van der Waals surface area contributed by atoms with Crippen molar-refractivity contribution < 1.29 is 14.3 Å². The summed E-state index contributed by atoms with van der Waals surface area (Å²) < 4.78 is 11.4. The zero-order chi connectivity index (χ0) is 24.2. The molecule has 0 radical (unpaired) electrons. The lowest BCUT2D eigenvalue weighted by Crippen LogP contribution is -2.44. The van der Waals surface area contributed by atoms with E-state index < -0.39 is 0 Å². The molecular weight excluding hydrogens is 424 g/mol. The number of benzene rings is 2. The van der Waals surface area contributed by atoms with E-state index in [-0.39, 0.29) is 12.0 Å². The number of unbranched alkanes of at least 4 members (excludes halogenated alkanes) is 4. The van der Waals surface area contributed by atoms with Crippen molar-refractivity contribution in [2.45, 2.75) is 71.9 Å². The van der Waals surface area contributed by atoms with Crippen molar-refractivity contribution in [2.24, 2.45) is 0 Å². The highest BCUT2D eigenvalue weighted by Crippen LogP contribution is 2.31. The van der Waals surface area contributed by atoms with E-state index in [2.05, 4.69) is 43.0 Å². The topological polar surface area (TPSA) is 42.0 Å². The van der Waals surface area contributed by atoms with Crippen LogP contribution in [0.2, 0.25) is 0 Å². The monoisotopic (exact) mass is 466 g/mol. The summed E-state index contributed by atoms with van der Waals surface area (Å²) in [5, 5.41) is 0. The number of hydrogen-bond acceptors (Lipinski definition) is 4. The Labute approximate surface area is 206 Å². The van der Waals surface area contributed by atoms with Crippen molar-refractivity contribution in [3.05, 3.63) is 59.7 Å². The molecule has 1 amide bonds. The fraction of sp³-hybridized carbons (Fsp3) is 0.552. The standard InChI is InChI=1S/C29H42N2O3/c1-4-6-7-8-11-18-30(22-26-16-14-25(15-17-26)21-24(3)33-5-2)23-29(32)31-19-20-34-28-13-10-9-12-27(28)31/h9-10,12-17,24H,4-8,11,18-23H2,1-3H3. The zero-order valence-corrected chi connectivity index (χ0v) is 21.3. The van der Waals surface area contributed by atoms with E-state index in [1.807, 2.05) is 36.1 Å². The van der Waals surface area contributed by atoms with Crippen LogP contribution < -0.4 is 9.64 Å². The van der Waals surface area contributed by atoms with Crippen molar-refractivity contribution in [1.82, 2.24) is 4.90 Å². The highest BCUT2D eigenvalue weighted by molar-refractivity contribution is 5.96. The lowest BCUT2D eigenvalue weighted by molar-refractivity contribution is -0.120. The van der Waals surface area contributed by atoms with Gasteiger partial charge in [-0.2, -0.15) is 0 Å². The molecule has 0 bridgehead atoms. The first-order valence-electron chi connectivity index (χ1n) is 13.0. The van der Waals surface area contributed by atoms with E-state index in [4.69, 9.17) is 9.47 Å². The molecule has 0 spiro atoms. The first-order valence-corrected chi connectivity index (χ1v) is 13.0. The Hall–Kier alpha value is -2.37. The van der Waals surface area contributed by atoms with Gasteiger partial charge in [-0.25, -0.2) is 0 Å². The molecule has 0 N–H and O–H groups in total. The summed E-state index contributed by atoms with van der Waals surface area (Å²) >= 11 is 0. The predicted octanol–water partition coefficient (Wildman–Crippen LogP) is 5.85. The largest absolute Gasteiger partial charge is 0.490 e. The van der Waals surface area contributed by atoms with Gasteiger partial charge in [0.2, 0.25) is 5.91 Å². The average molecular weight is 467 g/mol. The molecule has 0 aromatic heterocycles. The summed E-state index contributed by atoms with van der Waals surface area (Å²) in [5.74, 6) is 0.941. The van der Waals surface area contributed by atoms with Gasteiger partial charge in [0.15, 0.2) is 0 Å². The van der Waals surface area contributed by atoms with Crippen LogP contribution in [0.15, 0.2) is 48.5 Å². The molecule has 0 saturated carbocycles. The van der Waals surface area contributed by atoms with Crippen molar-refractivity contribution >= 4 is 11.6 Å². The number of hydrogen-bond donors (Lipinski definition) is 0. The molecule has 0 fully saturated rings. The second-order valence-electron chi connectivity index (χ2n) is 9.27. The van der Waals surface area contributed by atoms with Gasteiger partial charge in [0, 0.05) is 13.2 Å². The van der Waals surface area contributed by atoms with Gasteiger partial charge < -0.3 is 14.4 Å². The first-order chi connectivity index (χ1) is 16.6. The number of ether oxygens (including phenoxy) is 2. The van der Waals surface area contributed by atoms with Crippen molar-refractivity contribution in [2.75, 3.05) is 37.7 Å². The van der Waals surface area contributed by atoms with E-state index in [1.165, 1.54) is 36.8 Å². The Balaban J connectivity index is 1.63. The van der Waals surface area contributed by atoms with Gasteiger partial charge in [-0.1, -0.05) is 69.0 Å². The lowest BCUT2D eigenvalue weighted by atomic mass is 10.1. The van der Waals surface area contributed by atoms with Crippen molar-refractivity contribution in [3.8, 4) is 5.75 Å². The van der Waals surface area contributed by atoms with Crippen LogP contribution in [0.3, 0.4) is 0 Å². The number of rotatable bonds is 14. The lowest BCUT2D eigenvalue weighted by Gasteiger charge is -2.31. The van der Waals surface area contributed by atoms with E-state index in [0.29, 0.717) is 19.7 Å². The van der Waals surface area contributed by atoms with Gasteiger partial charge >= 0.3 is 0 Å². The highest BCUT2D eigenvalue weighted by atomic mass is 16.5. The number of carbonyl (C=O) groups is 1. The third-order valence-corrected chi connectivity index (χ3v) is 6.37. The minimum absolute atomic E-state index is 0.145. The second-order valence-corrected chi connectivity index (χ2v) is 9.27. The Morgan fingerprint density at radius 1 is 1.03 bits per heavy atom. The highest BCUT2D eigenvalue weighted by Gasteiger charge is 2.24. The molecule has 1 aliphatic heterocycles. The van der Waals surface area contributed by atoms with Crippen molar-refractivity contribution in [3.63, 3.8) is 0 Å². The maximum atomic E-state index is 13.3. The molecule has 5 nitrogen and oxygen atoms in total. The molecule has 2 aromatic carbocycles. The Morgan fingerprint density at radius 2 is 1.76 bits per heavy atom. The Morgan fingerprint density at radius 3 is 2.53 bits per heavy atom. The number of carbonyl (C=O) groups excluding carboxylic acids is 1. The minimum Gasteiger partial charge on any atom is -0.490 e. The van der Waals surface area contributed by atoms with Gasteiger partial charge in [0.25, 0.3) is 0 Å². The second kappa shape index (κ2) is 14.1. The third-order valence-electron chi connectivity index (χ3n) is 6.37. The summed E-state index contributed by atoms with van der Waals surface area (Å²) in [7, 11) is 0. The molecule has 1 unspecified atom stereocenters. The molecule has 34 heavy (non-hydrogen) atoms. The summed E-state index contributed by atoms with van der Waals surface area (Å²) in [4.78, 5) is 17.5. The van der Waals surface area contributed by atoms with Gasteiger partial charge in [-0.15, -0.1) is 0 Å². The van der Waals surface area contributed by atoms with E-state index >= 15 is 0 Å². The number of nitrogens with zero attached hydrogens (tertiary/aromatic N) is 2. The molecule has 3 rings (SSSR count). The Kier molecular flexibility index (Phi) is 10.9. The fourth-order valence-electron chi connectivity index (χ4n) is 4.57. The number of para-hydroxylation sites is 2. The van der Waals surface area contributed by atoms with Crippen LogP contribution in [0.1, 0.15) is 64.0 Å². The van der Waals surface area contributed by atoms with Crippen LogP contribution in [0, 0.1) is 0 Å². The van der Waals surface area contributed by atoms with Crippen LogP contribution in [-0.2, 0) is 22.5 Å². The normalized spacial score (nSPS) is 14.1. The molecule has 186 valence electrons. The fourth-order valence-corrected chi connectivity index (χ4v) is 4.57. The summed E-state index contributed by atoms with van der Waals surface area (Å²) in [6, 6.07) is 16.6. The van der Waals surface area contributed by atoms with Crippen LogP contribution in [-0.4, -0.2) is 49.8 Å². The van der Waals surface area contributed by atoms with E-state index in [1.54, 1.807) is 0 Å². The van der Waals surface area contributed by atoms with Gasteiger partial charge in [-0.05, 0) is 56.5 Å².